The number of hydrazine groups is 1. The van der Waals surface area contributed by atoms with E-state index in [4.69, 9.17) is 9.94 Å². The number of aliphatic carboxylic acids is 1. The fourth-order valence-electron chi connectivity index (χ4n) is 0.768. The summed E-state index contributed by atoms with van der Waals surface area (Å²) < 4.78 is 0. The van der Waals surface area contributed by atoms with E-state index in [-0.39, 0.29) is 0 Å². The van der Waals surface area contributed by atoms with Crippen LogP contribution in [-0.2, 0) is 9.63 Å². The maximum absolute atomic E-state index is 10.2. The zero-order valence-electron chi connectivity index (χ0n) is 7.10. The van der Waals surface area contributed by atoms with Gasteiger partial charge in [0, 0.05) is 12.3 Å². The average molecular weight is 182 g/mol. The second-order valence-electron chi connectivity index (χ2n) is 2.27. The number of carboxylic acid groups (broad SMARTS) is 1. The molecule has 0 saturated heterocycles. The summed E-state index contributed by atoms with van der Waals surface area (Å²) in [7, 11) is 1.52. The lowest BCUT2D eigenvalue weighted by molar-refractivity contribution is -0.131. The number of allylic oxidation sites excluding steroid dienone is 3. The Labute approximate surface area is 75.5 Å². The van der Waals surface area contributed by atoms with Crippen LogP contribution in [-0.4, -0.2) is 23.4 Å². The molecule has 0 aromatic carbocycles. The van der Waals surface area contributed by atoms with Crippen LogP contribution in [0.1, 0.15) is 0 Å². The molecule has 1 rings (SSSR count). The zero-order valence-corrected chi connectivity index (χ0v) is 7.10. The molecule has 0 fully saturated rings. The van der Waals surface area contributed by atoms with Gasteiger partial charge in [-0.25, -0.2) is 4.79 Å². The molecule has 70 valence electrons. The SMILES string of the molecule is CON1C=CC(C=CC(=O)O)=CN1. The average Bonchev–Trinajstić information content (AvgIpc) is 2.15. The minimum atomic E-state index is -0.969. The molecule has 13 heavy (non-hydrogen) atoms. The number of hydroxylamine groups is 1. The number of carbonyl (C=O) groups is 1. The molecule has 0 aromatic heterocycles. The van der Waals surface area contributed by atoms with Gasteiger partial charge in [0.2, 0.25) is 0 Å². The summed E-state index contributed by atoms with van der Waals surface area (Å²) in [5.41, 5.74) is 3.52. The molecule has 0 aromatic rings. The van der Waals surface area contributed by atoms with Crippen molar-refractivity contribution < 1.29 is 14.7 Å². The lowest BCUT2D eigenvalue weighted by Crippen LogP contribution is -2.29. The molecule has 0 bridgehead atoms. The minimum absolute atomic E-state index is 0.760. The summed E-state index contributed by atoms with van der Waals surface area (Å²) in [6.45, 7) is 0. The standard InChI is InChI=1S/C8H10N2O3/c1-13-10-5-4-7(6-9-10)2-3-8(11)12/h2-6,9H,1H3,(H,11,12). The predicted octanol–water partition coefficient (Wildman–Crippen LogP) is 0.406. The zero-order chi connectivity index (χ0) is 9.68. The highest BCUT2D eigenvalue weighted by atomic mass is 16.7. The first kappa shape index (κ1) is 9.34. The van der Waals surface area contributed by atoms with Gasteiger partial charge < -0.3 is 5.11 Å². The summed E-state index contributed by atoms with van der Waals surface area (Å²) in [5.74, 6) is -0.969. The fraction of sp³-hybridized carbons (Fsp3) is 0.125. The maximum Gasteiger partial charge on any atom is 0.328 e. The van der Waals surface area contributed by atoms with E-state index in [1.54, 1.807) is 18.5 Å². The Kier molecular flexibility index (Phi) is 3.10. The van der Waals surface area contributed by atoms with Crippen molar-refractivity contribution in [2.24, 2.45) is 0 Å². The van der Waals surface area contributed by atoms with E-state index in [0.29, 0.717) is 0 Å². The van der Waals surface area contributed by atoms with Gasteiger partial charge in [-0.05, 0) is 17.7 Å². The first-order valence-corrected chi connectivity index (χ1v) is 3.61. The third-order valence-electron chi connectivity index (χ3n) is 1.38. The summed E-state index contributed by atoms with van der Waals surface area (Å²) in [4.78, 5) is 15.0. The van der Waals surface area contributed by atoms with Gasteiger partial charge in [0.15, 0.2) is 0 Å². The molecule has 0 saturated carbocycles. The third-order valence-corrected chi connectivity index (χ3v) is 1.38. The fourth-order valence-corrected chi connectivity index (χ4v) is 0.768. The van der Waals surface area contributed by atoms with Crippen molar-refractivity contribution in [1.82, 2.24) is 10.6 Å². The van der Waals surface area contributed by atoms with Gasteiger partial charge in [-0.1, -0.05) is 0 Å². The first-order chi connectivity index (χ1) is 6.22. The molecule has 0 atom stereocenters. The largest absolute Gasteiger partial charge is 0.478 e. The Hall–Kier alpha value is -1.75. The number of hydrogen-bond acceptors (Lipinski definition) is 4. The minimum Gasteiger partial charge on any atom is -0.478 e. The van der Waals surface area contributed by atoms with E-state index in [1.807, 2.05) is 0 Å². The molecule has 0 unspecified atom stereocenters. The molecule has 0 radical (unpaired) electrons. The Morgan fingerprint density at radius 1 is 1.77 bits per heavy atom. The van der Waals surface area contributed by atoms with Gasteiger partial charge >= 0.3 is 5.97 Å². The number of carboxylic acids is 1. The van der Waals surface area contributed by atoms with Crippen LogP contribution in [0.25, 0.3) is 0 Å². The lowest BCUT2D eigenvalue weighted by Gasteiger charge is -2.19. The number of rotatable bonds is 3. The van der Waals surface area contributed by atoms with Crippen LogP contribution in [0, 0.1) is 0 Å². The molecule has 5 heteroatoms. The van der Waals surface area contributed by atoms with Crippen molar-refractivity contribution in [3.05, 3.63) is 36.2 Å². The van der Waals surface area contributed by atoms with Crippen LogP contribution in [0.3, 0.4) is 0 Å². The Morgan fingerprint density at radius 3 is 3.00 bits per heavy atom. The van der Waals surface area contributed by atoms with E-state index >= 15 is 0 Å². The smallest absolute Gasteiger partial charge is 0.328 e. The molecule has 1 heterocycles. The van der Waals surface area contributed by atoms with Gasteiger partial charge in [-0.15, -0.1) is 0 Å². The summed E-state index contributed by atoms with van der Waals surface area (Å²) in [6.07, 6.45) is 7.54. The second-order valence-corrected chi connectivity index (χ2v) is 2.27. The van der Waals surface area contributed by atoms with Gasteiger partial charge in [-0.3, -0.25) is 10.3 Å². The van der Waals surface area contributed by atoms with E-state index in [0.717, 1.165) is 11.6 Å². The highest BCUT2D eigenvalue weighted by molar-refractivity contribution is 5.80. The van der Waals surface area contributed by atoms with Crippen molar-refractivity contribution in [2.45, 2.75) is 0 Å². The topological polar surface area (TPSA) is 61.8 Å². The van der Waals surface area contributed by atoms with Crippen molar-refractivity contribution in [2.75, 3.05) is 7.11 Å². The number of nitrogens with zero attached hydrogens (tertiary/aromatic N) is 1. The lowest BCUT2D eigenvalue weighted by atomic mass is 10.2. The Morgan fingerprint density at radius 2 is 2.54 bits per heavy atom. The molecule has 1 aliphatic heterocycles. The Bertz CT molecular complexity index is 281. The third kappa shape index (κ3) is 3.00. The van der Waals surface area contributed by atoms with Gasteiger partial charge in [-0.2, -0.15) is 5.17 Å². The molecule has 1 aliphatic rings. The van der Waals surface area contributed by atoms with Crippen molar-refractivity contribution in [1.29, 1.82) is 0 Å². The van der Waals surface area contributed by atoms with Gasteiger partial charge in [0.25, 0.3) is 0 Å². The molecule has 2 N–H and O–H groups in total. The van der Waals surface area contributed by atoms with Gasteiger partial charge in [0.1, 0.15) is 0 Å². The maximum atomic E-state index is 10.2. The predicted molar refractivity (Wildman–Crippen MR) is 46.0 cm³/mol. The Balaban J connectivity index is 2.52. The summed E-state index contributed by atoms with van der Waals surface area (Å²) >= 11 is 0. The van der Waals surface area contributed by atoms with Crippen molar-refractivity contribution in [3.8, 4) is 0 Å². The van der Waals surface area contributed by atoms with Crippen LogP contribution < -0.4 is 5.43 Å². The number of nitrogens with one attached hydrogen (secondary N) is 1. The number of hydrogen-bond donors (Lipinski definition) is 2. The molecule has 0 spiro atoms. The molecule has 5 nitrogen and oxygen atoms in total. The van der Waals surface area contributed by atoms with Crippen molar-refractivity contribution >= 4 is 5.97 Å². The van der Waals surface area contributed by atoms with Crippen molar-refractivity contribution in [3.63, 3.8) is 0 Å². The highest BCUT2D eigenvalue weighted by Gasteiger charge is 1.99. The van der Waals surface area contributed by atoms with Gasteiger partial charge in [0.05, 0.1) is 13.3 Å². The normalized spacial score (nSPS) is 15.8. The molecular formula is C8H10N2O3. The summed E-state index contributed by atoms with van der Waals surface area (Å²) in [5, 5.41) is 9.74. The second kappa shape index (κ2) is 4.32. The summed E-state index contributed by atoms with van der Waals surface area (Å²) in [6, 6.07) is 0. The molecular weight excluding hydrogens is 172 g/mol. The van der Waals surface area contributed by atoms with E-state index in [1.165, 1.54) is 18.4 Å². The van der Waals surface area contributed by atoms with Crippen LogP contribution in [0.15, 0.2) is 36.2 Å². The monoisotopic (exact) mass is 182 g/mol. The molecule has 0 aliphatic carbocycles. The first-order valence-electron chi connectivity index (χ1n) is 3.61. The quantitative estimate of drug-likeness (QED) is 0.619. The highest BCUT2D eigenvalue weighted by Crippen LogP contribution is 2.04. The van der Waals surface area contributed by atoms with E-state index < -0.39 is 5.97 Å². The van der Waals surface area contributed by atoms with Crippen LogP contribution in [0.2, 0.25) is 0 Å². The van der Waals surface area contributed by atoms with Crippen LogP contribution in [0.5, 0.6) is 0 Å². The van der Waals surface area contributed by atoms with Crippen LogP contribution >= 0.6 is 0 Å². The molecule has 0 amide bonds. The van der Waals surface area contributed by atoms with E-state index in [9.17, 15) is 4.79 Å². The van der Waals surface area contributed by atoms with E-state index in [2.05, 4.69) is 5.43 Å². The van der Waals surface area contributed by atoms with Crippen LogP contribution in [0.4, 0.5) is 0 Å².